The lowest BCUT2D eigenvalue weighted by Crippen LogP contribution is -2.13. The number of hydrogen-bond acceptors (Lipinski definition) is 3. The van der Waals surface area contributed by atoms with E-state index in [9.17, 15) is 13.6 Å². The molecule has 17 heavy (non-hydrogen) atoms. The van der Waals surface area contributed by atoms with Crippen molar-refractivity contribution >= 4 is 5.97 Å². The maximum absolute atomic E-state index is 13.3. The first-order chi connectivity index (χ1) is 8.04. The first kappa shape index (κ1) is 13.6. The number of ether oxygens (including phenoxy) is 1. The number of carbonyl (C=O) groups is 1. The zero-order chi connectivity index (χ0) is 12.8. The fourth-order valence-corrected chi connectivity index (χ4v) is 1.52. The largest absolute Gasteiger partial charge is 0.469 e. The van der Waals surface area contributed by atoms with Crippen molar-refractivity contribution in [3.05, 3.63) is 35.4 Å². The standard InChI is InChI=1S/C12H15F2NO2/c1-17-12(16)4-2-3-11(15)9-7-8(13)5-6-10(9)14/h5-7,11H,2-4,15H2,1H3. The third-order valence-electron chi connectivity index (χ3n) is 2.48. The monoisotopic (exact) mass is 243 g/mol. The molecule has 1 aromatic rings. The number of hydrogen-bond donors (Lipinski definition) is 1. The Morgan fingerprint density at radius 2 is 2.18 bits per heavy atom. The molecular weight excluding hydrogens is 228 g/mol. The minimum Gasteiger partial charge on any atom is -0.469 e. The molecule has 0 aliphatic rings. The van der Waals surface area contributed by atoms with Gasteiger partial charge in [-0.15, -0.1) is 0 Å². The summed E-state index contributed by atoms with van der Waals surface area (Å²) in [5.74, 6) is -1.39. The average Bonchev–Trinajstić information content (AvgIpc) is 2.31. The Balaban J connectivity index is 2.54. The van der Waals surface area contributed by atoms with Crippen LogP contribution in [-0.4, -0.2) is 13.1 Å². The Kier molecular flexibility index (Phi) is 5.03. The Morgan fingerprint density at radius 3 is 2.82 bits per heavy atom. The lowest BCUT2D eigenvalue weighted by Gasteiger charge is -2.12. The van der Waals surface area contributed by atoms with Crippen LogP contribution in [-0.2, 0) is 9.53 Å². The maximum atomic E-state index is 13.3. The highest BCUT2D eigenvalue weighted by Gasteiger charge is 2.13. The van der Waals surface area contributed by atoms with Crippen LogP contribution in [0.5, 0.6) is 0 Å². The molecule has 0 aliphatic heterocycles. The van der Waals surface area contributed by atoms with Crippen LogP contribution in [0.3, 0.4) is 0 Å². The lowest BCUT2D eigenvalue weighted by atomic mass is 10.0. The van der Waals surface area contributed by atoms with Crippen LogP contribution >= 0.6 is 0 Å². The van der Waals surface area contributed by atoms with Gasteiger partial charge in [-0.25, -0.2) is 8.78 Å². The predicted octanol–water partition coefficient (Wildman–Crippen LogP) is 2.31. The van der Waals surface area contributed by atoms with E-state index < -0.39 is 17.7 Å². The summed E-state index contributed by atoms with van der Waals surface area (Å²) in [6, 6.07) is 2.55. The number of benzene rings is 1. The van der Waals surface area contributed by atoms with Crippen LogP contribution in [0.4, 0.5) is 8.78 Å². The van der Waals surface area contributed by atoms with Crippen LogP contribution < -0.4 is 5.73 Å². The van der Waals surface area contributed by atoms with Gasteiger partial charge < -0.3 is 10.5 Å². The van der Waals surface area contributed by atoms with Crippen LogP contribution in [0.15, 0.2) is 18.2 Å². The van der Waals surface area contributed by atoms with Crippen LogP contribution in [0, 0.1) is 11.6 Å². The molecule has 0 spiro atoms. The Bertz CT molecular complexity index is 396. The number of halogens is 2. The van der Waals surface area contributed by atoms with Gasteiger partial charge in [0.2, 0.25) is 0 Å². The summed E-state index contributed by atoms with van der Waals surface area (Å²) in [5.41, 5.74) is 5.87. The van der Waals surface area contributed by atoms with Crippen molar-refractivity contribution in [2.45, 2.75) is 25.3 Å². The highest BCUT2D eigenvalue weighted by atomic mass is 19.1. The fourth-order valence-electron chi connectivity index (χ4n) is 1.52. The van der Waals surface area contributed by atoms with Crippen molar-refractivity contribution in [3.63, 3.8) is 0 Å². The molecule has 1 atom stereocenters. The summed E-state index contributed by atoms with van der Waals surface area (Å²) in [6.45, 7) is 0. The van der Waals surface area contributed by atoms with Gasteiger partial charge in [-0.2, -0.15) is 0 Å². The molecule has 0 aliphatic carbocycles. The highest BCUT2D eigenvalue weighted by Crippen LogP contribution is 2.21. The van der Waals surface area contributed by atoms with Gasteiger partial charge in [-0.3, -0.25) is 4.79 Å². The molecule has 0 bridgehead atoms. The predicted molar refractivity (Wildman–Crippen MR) is 59.2 cm³/mol. The molecular formula is C12H15F2NO2. The molecule has 0 saturated carbocycles. The van der Waals surface area contributed by atoms with E-state index in [1.165, 1.54) is 7.11 Å². The molecule has 3 nitrogen and oxygen atoms in total. The third-order valence-corrected chi connectivity index (χ3v) is 2.48. The number of methoxy groups -OCH3 is 1. The van der Waals surface area contributed by atoms with Gasteiger partial charge in [0.25, 0.3) is 0 Å². The molecule has 2 N–H and O–H groups in total. The van der Waals surface area contributed by atoms with E-state index in [0.717, 1.165) is 18.2 Å². The van der Waals surface area contributed by atoms with Crippen molar-refractivity contribution in [1.29, 1.82) is 0 Å². The SMILES string of the molecule is COC(=O)CCCC(N)c1cc(F)ccc1F. The summed E-state index contributed by atoms with van der Waals surface area (Å²) < 4.78 is 30.7. The second-order valence-corrected chi connectivity index (χ2v) is 3.74. The molecule has 0 amide bonds. The molecule has 0 saturated heterocycles. The number of nitrogens with two attached hydrogens (primary N) is 1. The Morgan fingerprint density at radius 1 is 1.47 bits per heavy atom. The van der Waals surface area contributed by atoms with E-state index in [2.05, 4.69) is 4.74 Å². The van der Waals surface area contributed by atoms with E-state index in [1.54, 1.807) is 0 Å². The van der Waals surface area contributed by atoms with E-state index in [4.69, 9.17) is 5.73 Å². The molecule has 0 heterocycles. The first-order valence-corrected chi connectivity index (χ1v) is 5.32. The molecule has 1 unspecified atom stereocenters. The topological polar surface area (TPSA) is 52.3 Å². The van der Waals surface area contributed by atoms with Crippen molar-refractivity contribution < 1.29 is 18.3 Å². The molecule has 1 rings (SSSR count). The lowest BCUT2D eigenvalue weighted by molar-refractivity contribution is -0.140. The zero-order valence-corrected chi connectivity index (χ0v) is 9.58. The maximum Gasteiger partial charge on any atom is 0.305 e. The van der Waals surface area contributed by atoms with E-state index in [1.807, 2.05) is 0 Å². The van der Waals surface area contributed by atoms with Gasteiger partial charge in [0.15, 0.2) is 0 Å². The quantitative estimate of drug-likeness (QED) is 0.807. The molecule has 1 aromatic carbocycles. The van der Waals surface area contributed by atoms with Gasteiger partial charge in [0, 0.05) is 18.0 Å². The minimum atomic E-state index is -0.615. The summed E-state index contributed by atoms with van der Waals surface area (Å²) in [4.78, 5) is 10.9. The van der Waals surface area contributed by atoms with Crippen molar-refractivity contribution in [2.24, 2.45) is 5.73 Å². The van der Waals surface area contributed by atoms with Gasteiger partial charge in [0.1, 0.15) is 11.6 Å². The molecule has 5 heteroatoms. The summed E-state index contributed by atoms with van der Waals surface area (Å²) >= 11 is 0. The van der Waals surface area contributed by atoms with Gasteiger partial charge in [0.05, 0.1) is 7.11 Å². The van der Waals surface area contributed by atoms with E-state index in [0.29, 0.717) is 12.8 Å². The van der Waals surface area contributed by atoms with Crippen molar-refractivity contribution in [3.8, 4) is 0 Å². The van der Waals surface area contributed by atoms with Crippen LogP contribution in [0.1, 0.15) is 30.9 Å². The zero-order valence-electron chi connectivity index (χ0n) is 9.58. The number of rotatable bonds is 5. The normalized spacial score (nSPS) is 12.2. The van der Waals surface area contributed by atoms with E-state index >= 15 is 0 Å². The van der Waals surface area contributed by atoms with Crippen molar-refractivity contribution in [2.75, 3.05) is 7.11 Å². The average molecular weight is 243 g/mol. The van der Waals surface area contributed by atoms with Crippen LogP contribution in [0.25, 0.3) is 0 Å². The first-order valence-electron chi connectivity index (χ1n) is 5.32. The smallest absolute Gasteiger partial charge is 0.305 e. The summed E-state index contributed by atoms with van der Waals surface area (Å²) in [5, 5.41) is 0. The summed E-state index contributed by atoms with van der Waals surface area (Å²) in [7, 11) is 1.30. The van der Waals surface area contributed by atoms with E-state index in [-0.39, 0.29) is 18.0 Å². The van der Waals surface area contributed by atoms with Crippen molar-refractivity contribution in [1.82, 2.24) is 0 Å². The van der Waals surface area contributed by atoms with Gasteiger partial charge in [-0.05, 0) is 31.0 Å². The van der Waals surface area contributed by atoms with Crippen LogP contribution in [0.2, 0.25) is 0 Å². The van der Waals surface area contributed by atoms with Gasteiger partial charge in [-0.1, -0.05) is 0 Å². The molecule has 0 fully saturated rings. The Hall–Kier alpha value is -1.49. The molecule has 0 radical (unpaired) electrons. The minimum absolute atomic E-state index is 0.134. The van der Waals surface area contributed by atoms with Gasteiger partial charge >= 0.3 is 5.97 Å². The number of esters is 1. The highest BCUT2D eigenvalue weighted by molar-refractivity contribution is 5.68. The second-order valence-electron chi connectivity index (χ2n) is 3.74. The third kappa shape index (κ3) is 4.11. The second kappa shape index (κ2) is 6.30. The molecule has 94 valence electrons. The Labute approximate surface area is 98.6 Å². The summed E-state index contributed by atoms with van der Waals surface area (Å²) in [6.07, 6.45) is 1.10. The fraction of sp³-hybridized carbons (Fsp3) is 0.417. The molecule has 0 aromatic heterocycles. The number of carbonyl (C=O) groups excluding carboxylic acids is 1.